The van der Waals surface area contributed by atoms with Crippen LogP contribution in [0.5, 0.6) is 11.5 Å². The molecule has 1 N–H and O–H groups in total. The van der Waals surface area contributed by atoms with Gasteiger partial charge in [-0.3, -0.25) is 19.1 Å². The van der Waals surface area contributed by atoms with Crippen LogP contribution >= 0.6 is 0 Å². The van der Waals surface area contributed by atoms with Gasteiger partial charge in [0, 0.05) is 25.0 Å². The lowest BCUT2D eigenvalue weighted by Gasteiger charge is -2.13. The van der Waals surface area contributed by atoms with Gasteiger partial charge in [-0.1, -0.05) is 6.07 Å². The van der Waals surface area contributed by atoms with E-state index in [-0.39, 0.29) is 18.0 Å². The molecule has 0 radical (unpaired) electrons. The Morgan fingerprint density at radius 2 is 1.96 bits per heavy atom. The smallest absolute Gasteiger partial charge is 0.262 e. The first-order chi connectivity index (χ1) is 13.0. The first-order valence-corrected chi connectivity index (χ1v) is 8.32. The largest absolute Gasteiger partial charge is 0.493 e. The maximum absolute atomic E-state index is 12.9. The van der Waals surface area contributed by atoms with E-state index >= 15 is 0 Å². The zero-order valence-corrected chi connectivity index (χ0v) is 15.4. The van der Waals surface area contributed by atoms with Crippen LogP contribution in [0.25, 0.3) is 10.9 Å². The van der Waals surface area contributed by atoms with Crippen LogP contribution in [0, 0.1) is 6.92 Å². The molecule has 1 amide bonds. The summed E-state index contributed by atoms with van der Waals surface area (Å²) in [5.41, 5.74) is 1.06. The summed E-state index contributed by atoms with van der Waals surface area (Å²) >= 11 is 0. The molecule has 27 heavy (non-hydrogen) atoms. The van der Waals surface area contributed by atoms with Crippen molar-refractivity contribution in [3.8, 4) is 11.5 Å². The van der Waals surface area contributed by atoms with Crippen molar-refractivity contribution in [2.45, 2.75) is 20.0 Å². The predicted octanol–water partition coefficient (Wildman–Crippen LogP) is 1.43. The topological polar surface area (TPSA) is 95.3 Å². The van der Waals surface area contributed by atoms with Crippen LogP contribution in [0.4, 0.5) is 0 Å². The zero-order valence-electron chi connectivity index (χ0n) is 15.4. The van der Waals surface area contributed by atoms with E-state index in [1.165, 1.54) is 18.8 Å². The van der Waals surface area contributed by atoms with Crippen LogP contribution in [0.1, 0.15) is 11.4 Å². The second-order valence-corrected chi connectivity index (χ2v) is 5.91. The number of rotatable bonds is 6. The predicted molar refractivity (Wildman–Crippen MR) is 99.9 cm³/mol. The van der Waals surface area contributed by atoms with Crippen LogP contribution in [0.3, 0.4) is 0 Å². The molecule has 3 rings (SSSR count). The molecule has 0 saturated heterocycles. The number of methoxy groups -OCH3 is 2. The van der Waals surface area contributed by atoms with E-state index in [1.807, 2.05) is 6.07 Å². The van der Waals surface area contributed by atoms with Crippen LogP contribution in [0.15, 0.2) is 41.5 Å². The fourth-order valence-corrected chi connectivity index (χ4v) is 2.75. The number of carbonyl (C=O) groups excluding carboxylic acids is 1. The summed E-state index contributed by atoms with van der Waals surface area (Å²) in [6.07, 6.45) is 3.34. The molecule has 0 aliphatic rings. The quantitative estimate of drug-likeness (QED) is 0.707. The number of benzene rings is 1. The van der Waals surface area contributed by atoms with Crippen molar-refractivity contribution in [3.05, 3.63) is 58.4 Å². The maximum Gasteiger partial charge on any atom is 0.262 e. The second-order valence-electron chi connectivity index (χ2n) is 5.91. The molecule has 0 bridgehead atoms. The molecule has 0 aliphatic carbocycles. The van der Waals surface area contributed by atoms with Gasteiger partial charge in [0.25, 0.3) is 5.56 Å². The van der Waals surface area contributed by atoms with E-state index in [0.29, 0.717) is 34.8 Å². The van der Waals surface area contributed by atoms with E-state index < -0.39 is 0 Å². The van der Waals surface area contributed by atoms with Gasteiger partial charge in [-0.15, -0.1) is 0 Å². The lowest BCUT2D eigenvalue weighted by atomic mass is 10.2. The molecule has 0 fully saturated rings. The molecule has 140 valence electrons. The van der Waals surface area contributed by atoms with E-state index in [4.69, 9.17) is 9.47 Å². The molecular formula is C19H20N4O4. The van der Waals surface area contributed by atoms with Crippen molar-refractivity contribution in [1.29, 1.82) is 0 Å². The minimum Gasteiger partial charge on any atom is -0.493 e. The summed E-state index contributed by atoms with van der Waals surface area (Å²) in [6.45, 7) is 1.90. The lowest BCUT2D eigenvalue weighted by Crippen LogP contribution is -2.33. The Balaban J connectivity index is 1.87. The zero-order chi connectivity index (χ0) is 19.4. The number of hydrogen-bond donors (Lipinski definition) is 1. The number of nitrogens with one attached hydrogen (secondary N) is 1. The standard InChI is InChI=1S/C19H20N4O4/c1-12-22-15-8-17(27-3)16(26-2)7-14(15)19(25)23(12)11-18(24)21-10-13-5-4-6-20-9-13/h4-9H,10-11H2,1-3H3,(H,21,24). The third kappa shape index (κ3) is 3.89. The Labute approximate surface area is 155 Å². The minimum atomic E-state index is -0.310. The molecule has 0 aliphatic heterocycles. The number of fused-ring (bicyclic) bond motifs is 1. The number of aromatic nitrogens is 3. The van der Waals surface area contributed by atoms with Gasteiger partial charge in [0.15, 0.2) is 11.5 Å². The molecule has 8 heteroatoms. The molecule has 0 unspecified atom stereocenters. The highest BCUT2D eigenvalue weighted by molar-refractivity contribution is 5.82. The second kappa shape index (κ2) is 7.86. The number of amides is 1. The minimum absolute atomic E-state index is 0.123. The number of carbonyl (C=O) groups is 1. The summed E-state index contributed by atoms with van der Waals surface area (Å²) < 4.78 is 11.8. The fraction of sp³-hybridized carbons (Fsp3) is 0.263. The van der Waals surface area contributed by atoms with Gasteiger partial charge in [-0.25, -0.2) is 4.98 Å². The first kappa shape index (κ1) is 18.4. The highest BCUT2D eigenvalue weighted by Crippen LogP contribution is 2.30. The molecule has 0 saturated carbocycles. The molecule has 3 aromatic rings. The van der Waals surface area contributed by atoms with Crippen molar-refractivity contribution in [2.24, 2.45) is 0 Å². The third-order valence-electron chi connectivity index (χ3n) is 4.16. The Morgan fingerprint density at radius 1 is 1.22 bits per heavy atom. The number of pyridine rings is 1. The van der Waals surface area contributed by atoms with Crippen LogP contribution < -0.4 is 20.3 Å². The van der Waals surface area contributed by atoms with E-state index in [0.717, 1.165) is 5.56 Å². The van der Waals surface area contributed by atoms with Crippen LogP contribution in [0.2, 0.25) is 0 Å². The Morgan fingerprint density at radius 3 is 2.63 bits per heavy atom. The summed E-state index contributed by atoms with van der Waals surface area (Å²) in [5.74, 6) is 1.07. The number of ether oxygens (including phenoxy) is 2. The van der Waals surface area contributed by atoms with Crippen molar-refractivity contribution in [2.75, 3.05) is 14.2 Å². The molecule has 1 aromatic carbocycles. The molecule has 0 spiro atoms. The molecule has 8 nitrogen and oxygen atoms in total. The van der Waals surface area contributed by atoms with Crippen LogP contribution in [-0.2, 0) is 17.9 Å². The average Bonchev–Trinajstić information content (AvgIpc) is 2.69. The molecule has 2 heterocycles. The SMILES string of the molecule is COc1cc2nc(C)n(CC(=O)NCc3cccnc3)c(=O)c2cc1OC. The monoisotopic (exact) mass is 368 g/mol. The Hall–Kier alpha value is -3.42. The van der Waals surface area contributed by atoms with Gasteiger partial charge in [-0.05, 0) is 24.6 Å². The van der Waals surface area contributed by atoms with E-state index in [9.17, 15) is 9.59 Å². The highest BCUT2D eigenvalue weighted by atomic mass is 16.5. The van der Waals surface area contributed by atoms with Crippen LogP contribution in [-0.4, -0.2) is 34.7 Å². The number of hydrogen-bond acceptors (Lipinski definition) is 6. The number of nitrogens with zero attached hydrogens (tertiary/aromatic N) is 3. The summed E-state index contributed by atoms with van der Waals surface area (Å²) in [4.78, 5) is 33.6. The number of aryl methyl sites for hydroxylation is 1. The van der Waals surface area contributed by atoms with Gasteiger partial charge >= 0.3 is 0 Å². The summed E-state index contributed by atoms with van der Waals surface area (Å²) in [5, 5.41) is 3.14. The molecular weight excluding hydrogens is 348 g/mol. The Bertz CT molecular complexity index is 1030. The maximum atomic E-state index is 12.9. The van der Waals surface area contributed by atoms with Gasteiger partial charge in [0.05, 0.1) is 25.1 Å². The molecule has 2 aromatic heterocycles. The summed E-state index contributed by atoms with van der Waals surface area (Å²) in [6, 6.07) is 6.88. The Kier molecular flexibility index (Phi) is 5.35. The third-order valence-corrected chi connectivity index (χ3v) is 4.16. The summed E-state index contributed by atoms with van der Waals surface area (Å²) in [7, 11) is 3.01. The van der Waals surface area contributed by atoms with Crippen molar-refractivity contribution >= 4 is 16.8 Å². The molecule has 0 atom stereocenters. The van der Waals surface area contributed by atoms with E-state index in [2.05, 4.69) is 15.3 Å². The first-order valence-electron chi connectivity index (χ1n) is 8.32. The average molecular weight is 368 g/mol. The van der Waals surface area contributed by atoms with Gasteiger partial charge in [0.2, 0.25) is 5.91 Å². The highest BCUT2D eigenvalue weighted by Gasteiger charge is 2.15. The normalized spacial score (nSPS) is 10.6. The van der Waals surface area contributed by atoms with Gasteiger partial charge in [0.1, 0.15) is 12.4 Å². The fourth-order valence-electron chi connectivity index (χ4n) is 2.75. The van der Waals surface area contributed by atoms with Crippen molar-refractivity contribution in [1.82, 2.24) is 19.9 Å². The van der Waals surface area contributed by atoms with Crippen molar-refractivity contribution in [3.63, 3.8) is 0 Å². The lowest BCUT2D eigenvalue weighted by molar-refractivity contribution is -0.121. The van der Waals surface area contributed by atoms with Crippen molar-refractivity contribution < 1.29 is 14.3 Å². The van der Waals surface area contributed by atoms with Gasteiger partial charge in [-0.2, -0.15) is 0 Å². The van der Waals surface area contributed by atoms with Gasteiger partial charge < -0.3 is 14.8 Å². The van der Waals surface area contributed by atoms with E-state index in [1.54, 1.807) is 37.5 Å².